The molecule has 2 aromatic heterocycles. The van der Waals surface area contributed by atoms with Crippen molar-refractivity contribution in [1.82, 2.24) is 30.5 Å². The molecule has 7 nitrogen and oxygen atoms in total. The topological polar surface area (TPSA) is 88.5 Å². The van der Waals surface area contributed by atoms with Gasteiger partial charge in [0, 0.05) is 17.0 Å². The molecule has 0 bridgehead atoms. The molecule has 0 radical (unpaired) electrons. The molecule has 1 amide bonds. The number of carbonyl (C=O) groups is 1. The van der Waals surface area contributed by atoms with Crippen molar-refractivity contribution < 1.29 is 4.79 Å². The summed E-state index contributed by atoms with van der Waals surface area (Å²) in [6.07, 6.45) is 3.99. The molecule has 0 spiro atoms. The minimum atomic E-state index is -0.0266. The lowest BCUT2D eigenvalue weighted by molar-refractivity contribution is 0.0951. The van der Waals surface area contributed by atoms with E-state index in [-0.39, 0.29) is 5.91 Å². The molecule has 5 rings (SSSR count). The molecule has 7 heteroatoms. The lowest BCUT2D eigenvalue weighted by Crippen LogP contribution is -2.25. The summed E-state index contributed by atoms with van der Waals surface area (Å²) in [5, 5.41) is 19.8. The molecule has 1 saturated carbocycles. The van der Waals surface area contributed by atoms with Crippen LogP contribution in [-0.2, 0) is 0 Å². The Morgan fingerprint density at radius 3 is 2.73 bits per heavy atom. The van der Waals surface area contributed by atoms with E-state index >= 15 is 0 Å². The van der Waals surface area contributed by atoms with E-state index in [0.29, 0.717) is 17.3 Å². The predicted octanol–water partition coefficient (Wildman–Crippen LogP) is 2.70. The van der Waals surface area contributed by atoms with E-state index in [0.717, 1.165) is 35.1 Å². The fourth-order valence-electron chi connectivity index (χ4n) is 2.92. The Labute approximate surface area is 149 Å². The van der Waals surface area contributed by atoms with Crippen LogP contribution in [-0.4, -0.2) is 37.1 Å². The molecule has 128 valence electrons. The zero-order valence-electron chi connectivity index (χ0n) is 13.9. The highest BCUT2D eigenvalue weighted by Crippen LogP contribution is 2.24. The molecule has 2 aromatic carbocycles. The van der Waals surface area contributed by atoms with Crippen LogP contribution in [0, 0.1) is 0 Å². The maximum absolute atomic E-state index is 12.1. The summed E-state index contributed by atoms with van der Waals surface area (Å²) in [6.45, 7) is 0. The minimum Gasteiger partial charge on any atom is -0.349 e. The first-order chi connectivity index (χ1) is 12.8. The predicted molar refractivity (Wildman–Crippen MR) is 96.9 cm³/mol. The Morgan fingerprint density at radius 1 is 1.12 bits per heavy atom. The molecule has 0 atom stereocenters. The van der Waals surface area contributed by atoms with Crippen LogP contribution in [0.25, 0.3) is 28.0 Å². The van der Waals surface area contributed by atoms with Crippen molar-refractivity contribution in [1.29, 1.82) is 0 Å². The Hall–Kier alpha value is -3.48. The SMILES string of the molecule is O=C(NC1CC1)c1ccc(-n2cc(-c3n[nH]c4ccccc34)nn2)cc1. The van der Waals surface area contributed by atoms with Crippen LogP contribution in [0.5, 0.6) is 0 Å². The third kappa shape index (κ3) is 2.63. The highest BCUT2D eigenvalue weighted by atomic mass is 16.1. The van der Waals surface area contributed by atoms with Gasteiger partial charge in [-0.05, 0) is 43.2 Å². The summed E-state index contributed by atoms with van der Waals surface area (Å²) >= 11 is 0. The van der Waals surface area contributed by atoms with Gasteiger partial charge in [-0.2, -0.15) is 5.10 Å². The number of aromatic amines is 1. The normalized spacial score (nSPS) is 13.8. The van der Waals surface area contributed by atoms with Gasteiger partial charge in [0.15, 0.2) is 0 Å². The van der Waals surface area contributed by atoms with Crippen LogP contribution in [0.15, 0.2) is 54.7 Å². The molecule has 2 heterocycles. The van der Waals surface area contributed by atoms with Crippen LogP contribution in [0.3, 0.4) is 0 Å². The maximum atomic E-state index is 12.1. The lowest BCUT2D eigenvalue weighted by atomic mass is 10.2. The van der Waals surface area contributed by atoms with Crippen molar-refractivity contribution in [2.24, 2.45) is 0 Å². The number of H-pyrrole nitrogens is 1. The van der Waals surface area contributed by atoms with E-state index in [2.05, 4.69) is 25.8 Å². The fourth-order valence-corrected chi connectivity index (χ4v) is 2.92. The van der Waals surface area contributed by atoms with Crippen molar-refractivity contribution in [3.8, 4) is 17.1 Å². The zero-order chi connectivity index (χ0) is 17.5. The molecule has 4 aromatic rings. The van der Waals surface area contributed by atoms with Crippen LogP contribution in [0.4, 0.5) is 0 Å². The van der Waals surface area contributed by atoms with Gasteiger partial charge in [0.25, 0.3) is 5.91 Å². The van der Waals surface area contributed by atoms with Gasteiger partial charge >= 0.3 is 0 Å². The number of benzene rings is 2. The average Bonchev–Trinajstić information content (AvgIpc) is 3.20. The average molecular weight is 344 g/mol. The fraction of sp³-hybridized carbons (Fsp3) is 0.158. The molecule has 0 unspecified atom stereocenters. The first-order valence-electron chi connectivity index (χ1n) is 8.55. The molecule has 1 aliphatic carbocycles. The summed E-state index contributed by atoms with van der Waals surface area (Å²) < 4.78 is 1.68. The Kier molecular flexibility index (Phi) is 3.31. The van der Waals surface area contributed by atoms with Gasteiger partial charge < -0.3 is 5.32 Å². The Morgan fingerprint density at radius 2 is 1.92 bits per heavy atom. The van der Waals surface area contributed by atoms with E-state index in [4.69, 9.17) is 0 Å². The monoisotopic (exact) mass is 344 g/mol. The van der Waals surface area contributed by atoms with Crippen LogP contribution >= 0.6 is 0 Å². The molecule has 1 aliphatic rings. The van der Waals surface area contributed by atoms with Gasteiger partial charge in [-0.25, -0.2) is 4.68 Å². The highest BCUT2D eigenvalue weighted by Gasteiger charge is 2.23. The van der Waals surface area contributed by atoms with Crippen molar-refractivity contribution >= 4 is 16.8 Å². The second-order valence-corrected chi connectivity index (χ2v) is 6.46. The number of nitrogens with zero attached hydrogens (tertiary/aromatic N) is 4. The number of aromatic nitrogens is 5. The second-order valence-electron chi connectivity index (χ2n) is 6.46. The van der Waals surface area contributed by atoms with E-state index in [1.807, 2.05) is 42.6 Å². The minimum absolute atomic E-state index is 0.0266. The Bertz CT molecular complexity index is 1090. The second kappa shape index (κ2) is 5.80. The van der Waals surface area contributed by atoms with Crippen molar-refractivity contribution in [3.05, 3.63) is 60.3 Å². The number of hydrogen-bond donors (Lipinski definition) is 2. The first kappa shape index (κ1) is 14.8. The quantitative estimate of drug-likeness (QED) is 0.596. The van der Waals surface area contributed by atoms with Crippen molar-refractivity contribution in [2.75, 3.05) is 0 Å². The highest BCUT2D eigenvalue weighted by molar-refractivity contribution is 5.94. The lowest BCUT2D eigenvalue weighted by Gasteiger charge is -2.04. The number of carbonyl (C=O) groups excluding carboxylic acids is 1. The molecular weight excluding hydrogens is 328 g/mol. The number of para-hydroxylation sites is 1. The summed E-state index contributed by atoms with van der Waals surface area (Å²) in [7, 11) is 0. The van der Waals surface area contributed by atoms with Crippen LogP contribution in [0.2, 0.25) is 0 Å². The molecule has 0 saturated heterocycles. The third-order valence-electron chi connectivity index (χ3n) is 4.51. The van der Waals surface area contributed by atoms with Gasteiger partial charge in [-0.15, -0.1) is 5.10 Å². The molecule has 26 heavy (non-hydrogen) atoms. The van der Waals surface area contributed by atoms with Gasteiger partial charge in [0.2, 0.25) is 0 Å². The smallest absolute Gasteiger partial charge is 0.251 e. The van der Waals surface area contributed by atoms with Crippen LogP contribution < -0.4 is 5.32 Å². The molecule has 2 N–H and O–H groups in total. The molecule has 0 aliphatic heterocycles. The summed E-state index contributed by atoms with van der Waals surface area (Å²) in [5.74, 6) is -0.0266. The third-order valence-corrected chi connectivity index (χ3v) is 4.51. The summed E-state index contributed by atoms with van der Waals surface area (Å²) in [4.78, 5) is 12.1. The van der Waals surface area contributed by atoms with Crippen molar-refractivity contribution in [3.63, 3.8) is 0 Å². The van der Waals surface area contributed by atoms with Gasteiger partial charge in [-0.1, -0.05) is 23.4 Å². The van der Waals surface area contributed by atoms with Crippen LogP contribution in [0.1, 0.15) is 23.2 Å². The van der Waals surface area contributed by atoms with Gasteiger partial charge in [-0.3, -0.25) is 9.89 Å². The zero-order valence-corrected chi connectivity index (χ0v) is 13.9. The number of hydrogen-bond acceptors (Lipinski definition) is 4. The standard InChI is InChI=1S/C19H16N6O/c26-19(20-13-7-8-13)12-5-9-14(10-6-12)25-11-17(22-24-25)18-15-3-1-2-4-16(15)21-23-18/h1-6,9-11,13H,7-8H2,(H,20,26)(H,21,23). The summed E-state index contributed by atoms with van der Waals surface area (Å²) in [6, 6.07) is 15.6. The molecule has 1 fully saturated rings. The number of rotatable bonds is 4. The van der Waals surface area contributed by atoms with E-state index < -0.39 is 0 Å². The number of nitrogens with one attached hydrogen (secondary N) is 2. The summed E-state index contributed by atoms with van der Waals surface area (Å²) in [5.41, 5.74) is 3.92. The van der Waals surface area contributed by atoms with Gasteiger partial charge in [0.1, 0.15) is 11.4 Å². The van der Waals surface area contributed by atoms with E-state index in [1.165, 1.54) is 0 Å². The largest absolute Gasteiger partial charge is 0.349 e. The Balaban J connectivity index is 1.42. The number of amides is 1. The molecular formula is C19H16N6O. The first-order valence-corrected chi connectivity index (χ1v) is 8.55. The van der Waals surface area contributed by atoms with E-state index in [1.54, 1.807) is 16.8 Å². The maximum Gasteiger partial charge on any atom is 0.251 e. The number of fused-ring (bicyclic) bond motifs is 1. The van der Waals surface area contributed by atoms with Gasteiger partial charge in [0.05, 0.1) is 17.4 Å². The van der Waals surface area contributed by atoms with E-state index in [9.17, 15) is 4.79 Å². The van der Waals surface area contributed by atoms with Crippen molar-refractivity contribution in [2.45, 2.75) is 18.9 Å².